The van der Waals surface area contributed by atoms with Crippen LogP contribution < -0.4 is 5.32 Å². The molecule has 19 heavy (non-hydrogen) atoms. The van der Waals surface area contributed by atoms with E-state index < -0.39 is 0 Å². The molecular weight excluding hydrogens is 302 g/mol. The Hall–Kier alpha value is -1.06. The Kier molecular flexibility index (Phi) is 3.76. The van der Waals surface area contributed by atoms with Crippen LogP contribution in [0.1, 0.15) is 25.7 Å². The third-order valence-electron chi connectivity index (χ3n) is 3.88. The van der Waals surface area contributed by atoms with Crippen LogP contribution in [0.4, 0.5) is 5.69 Å². The molecule has 3 rings (SSSR count). The van der Waals surface area contributed by atoms with Gasteiger partial charge in [0.2, 0.25) is 0 Å². The Labute approximate surface area is 122 Å². The Bertz CT molecular complexity index is 584. The number of halogens is 1. The van der Waals surface area contributed by atoms with Crippen LogP contribution in [-0.4, -0.2) is 17.3 Å². The summed E-state index contributed by atoms with van der Waals surface area (Å²) in [6.45, 7) is 0. The molecule has 100 valence electrons. The molecule has 0 heterocycles. The Balaban J connectivity index is 1.83. The summed E-state index contributed by atoms with van der Waals surface area (Å²) in [5.41, 5.74) is 1.10. The molecule has 2 nitrogen and oxygen atoms in total. The lowest BCUT2D eigenvalue weighted by Gasteiger charge is -2.29. The van der Waals surface area contributed by atoms with Crippen LogP contribution in [0.5, 0.6) is 0 Å². The van der Waals surface area contributed by atoms with Crippen molar-refractivity contribution in [3.05, 3.63) is 40.9 Å². The van der Waals surface area contributed by atoms with Crippen LogP contribution in [0.15, 0.2) is 40.9 Å². The van der Waals surface area contributed by atoms with Crippen molar-refractivity contribution in [2.24, 2.45) is 0 Å². The van der Waals surface area contributed by atoms with E-state index in [4.69, 9.17) is 0 Å². The third-order valence-corrected chi connectivity index (χ3v) is 4.38. The molecule has 1 aliphatic rings. The molecule has 2 aromatic carbocycles. The largest absolute Gasteiger partial charge is 0.391 e. The molecule has 1 fully saturated rings. The molecule has 1 aliphatic carbocycles. The average Bonchev–Trinajstić information content (AvgIpc) is 2.41. The molecule has 3 heteroatoms. The summed E-state index contributed by atoms with van der Waals surface area (Å²) in [7, 11) is 0. The predicted octanol–water partition coefficient (Wildman–Crippen LogP) is 4.32. The lowest BCUT2D eigenvalue weighted by Crippen LogP contribution is -2.36. The second-order valence-corrected chi connectivity index (χ2v) is 6.22. The van der Waals surface area contributed by atoms with Crippen molar-refractivity contribution in [1.29, 1.82) is 0 Å². The van der Waals surface area contributed by atoms with Crippen molar-refractivity contribution in [3.8, 4) is 0 Å². The second-order valence-electron chi connectivity index (χ2n) is 5.31. The predicted molar refractivity (Wildman–Crippen MR) is 83.5 cm³/mol. The van der Waals surface area contributed by atoms with E-state index in [9.17, 15) is 5.11 Å². The van der Waals surface area contributed by atoms with E-state index in [2.05, 4.69) is 57.6 Å². The number of nitrogens with one attached hydrogen (secondary N) is 1. The Morgan fingerprint density at radius 1 is 1.00 bits per heavy atom. The third kappa shape index (κ3) is 2.93. The van der Waals surface area contributed by atoms with Crippen molar-refractivity contribution < 1.29 is 5.11 Å². The molecule has 0 bridgehead atoms. The minimum absolute atomic E-state index is 0.196. The van der Waals surface area contributed by atoms with Crippen molar-refractivity contribution >= 4 is 32.4 Å². The fraction of sp³-hybridized carbons (Fsp3) is 0.375. The molecule has 0 saturated heterocycles. The van der Waals surface area contributed by atoms with Gasteiger partial charge >= 0.3 is 0 Å². The van der Waals surface area contributed by atoms with E-state index in [0.717, 1.165) is 29.4 Å². The number of aliphatic hydroxyl groups excluding tert-OH is 1. The highest BCUT2D eigenvalue weighted by Gasteiger charge is 2.22. The molecular formula is C16H18BrNO. The molecule has 1 saturated carbocycles. The molecule has 0 unspecified atom stereocenters. The summed E-state index contributed by atoms with van der Waals surface area (Å²) in [6.07, 6.45) is 4.10. The van der Waals surface area contributed by atoms with Crippen LogP contribution in [0.25, 0.3) is 10.8 Å². The van der Waals surface area contributed by atoms with Crippen LogP contribution >= 0.6 is 15.9 Å². The first-order valence-electron chi connectivity index (χ1n) is 6.86. The maximum atomic E-state index is 10.0. The van der Waals surface area contributed by atoms with Gasteiger partial charge in [0, 0.05) is 10.2 Å². The summed E-state index contributed by atoms with van der Waals surface area (Å²) in [6, 6.07) is 12.9. The van der Waals surface area contributed by atoms with Crippen molar-refractivity contribution in [3.63, 3.8) is 0 Å². The summed E-state index contributed by atoms with van der Waals surface area (Å²) in [5.74, 6) is 0. The molecule has 0 aromatic heterocycles. The SMILES string of the molecule is O[C@H]1CCCC[C@@H]1Nc1ccc2cc(Br)ccc2c1. The van der Waals surface area contributed by atoms with Gasteiger partial charge in [-0.3, -0.25) is 0 Å². The van der Waals surface area contributed by atoms with Crippen LogP contribution in [0.3, 0.4) is 0 Å². The van der Waals surface area contributed by atoms with Crippen molar-refractivity contribution in [2.45, 2.75) is 37.8 Å². The van der Waals surface area contributed by atoms with E-state index in [0.29, 0.717) is 0 Å². The van der Waals surface area contributed by atoms with E-state index in [-0.39, 0.29) is 12.1 Å². The molecule has 0 amide bonds. The number of hydrogen-bond acceptors (Lipinski definition) is 2. The van der Waals surface area contributed by atoms with Gasteiger partial charge in [-0.25, -0.2) is 0 Å². The van der Waals surface area contributed by atoms with Crippen LogP contribution in [0, 0.1) is 0 Å². The van der Waals surface area contributed by atoms with Gasteiger partial charge in [-0.05, 0) is 47.9 Å². The quantitative estimate of drug-likeness (QED) is 0.864. The number of anilines is 1. The highest BCUT2D eigenvalue weighted by molar-refractivity contribution is 9.10. The topological polar surface area (TPSA) is 32.3 Å². The zero-order valence-corrected chi connectivity index (χ0v) is 12.4. The maximum Gasteiger partial charge on any atom is 0.0741 e. The zero-order valence-electron chi connectivity index (χ0n) is 10.8. The minimum atomic E-state index is -0.214. The normalized spacial score (nSPS) is 23.5. The summed E-state index contributed by atoms with van der Waals surface area (Å²) in [5, 5.41) is 15.9. The van der Waals surface area contributed by atoms with Crippen LogP contribution in [0.2, 0.25) is 0 Å². The van der Waals surface area contributed by atoms with Gasteiger partial charge in [0.25, 0.3) is 0 Å². The highest BCUT2D eigenvalue weighted by atomic mass is 79.9. The average molecular weight is 320 g/mol. The fourth-order valence-electron chi connectivity index (χ4n) is 2.80. The van der Waals surface area contributed by atoms with Crippen molar-refractivity contribution in [1.82, 2.24) is 0 Å². The monoisotopic (exact) mass is 319 g/mol. The molecule has 2 N–H and O–H groups in total. The maximum absolute atomic E-state index is 10.0. The number of rotatable bonds is 2. The Morgan fingerprint density at radius 2 is 1.74 bits per heavy atom. The summed E-state index contributed by atoms with van der Waals surface area (Å²) >= 11 is 3.49. The number of aliphatic hydroxyl groups is 1. The van der Waals surface area contributed by atoms with Gasteiger partial charge in [-0.1, -0.05) is 40.9 Å². The molecule has 0 spiro atoms. The first-order valence-corrected chi connectivity index (χ1v) is 7.65. The first kappa shape index (κ1) is 12.9. The first-order chi connectivity index (χ1) is 9.22. The van der Waals surface area contributed by atoms with Gasteiger partial charge in [0.15, 0.2) is 0 Å². The van der Waals surface area contributed by atoms with E-state index in [1.165, 1.54) is 17.2 Å². The fourth-order valence-corrected chi connectivity index (χ4v) is 3.18. The number of fused-ring (bicyclic) bond motifs is 1. The summed E-state index contributed by atoms with van der Waals surface area (Å²) in [4.78, 5) is 0. The molecule has 0 radical (unpaired) electrons. The number of benzene rings is 2. The van der Waals surface area contributed by atoms with Crippen LogP contribution in [-0.2, 0) is 0 Å². The molecule has 2 aromatic rings. The van der Waals surface area contributed by atoms with E-state index >= 15 is 0 Å². The molecule has 0 aliphatic heterocycles. The standard InChI is InChI=1S/C16H18BrNO/c17-13-7-5-12-10-14(8-6-11(12)9-13)18-15-3-1-2-4-16(15)19/h5-10,15-16,18-19H,1-4H2/t15-,16-/m0/s1. The van der Waals surface area contributed by atoms with Gasteiger partial charge in [0.1, 0.15) is 0 Å². The Morgan fingerprint density at radius 3 is 2.58 bits per heavy atom. The van der Waals surface area contributed by atoms with E-state index in [1.807, 2.05) is 0 Å². The lowest BCUT2D eigenvalue weighted by atomic mass is 9.92. The smallest absolute Gasteiger partial charge is 0.0741 e. The second kappa shape index (κ2) is 5.51. The minimum Gasteiger partial charge on any atom is -0.391 e. The zero-order chi connectivity index (χ0) is 13.2. The van der Waals surface area contributed by atoms with Gasteiger partial charge < -0.3 is 10.4 Å². The lowest BCUT2D eigenvalue weighted by molar-refractivity contribution is 0.116. The van der Waals surface area contributed by atoms with E-state index in [1.54, 1.807) is 0 Å². The number of hydrogen-bond donors (Lipinski definition) is 2. The summed E-state index contributed by atoms with van der Waals surface area (Å²) < 4.78 is 1.10. The highest BCUT2D eigenvalue weighted by Crippen LogP contribution is 2.26. The van der Waals surface area contributed by atoms with Gasteiger partial charge in [0.05, 0.1) is 12.1 Å². The van der Waals surface area contributed by atoms with Gasteiger partial charge in [-0.2, -0.15) is 0 Å². The molecule has 2 atom stereocenters. The van der Waals surface area contributed by atoms with Crippen molar-refractivity contribution in [2.75, 3.05) is 5.32 Å². The van der Waals surface area contributed by atoms with Gasteiger partial charge in [-0.15, -0.1) is 0 Å².